The number of carbonyl (C=O) groups is 2. The molecule has 7 rings (SSSR count). The molecule has 6 aliphatic carbocycles. The lowest BCUT2D eigenvalue weighted by molar-refractivity contribution is -0.137. The summed E-state index contributed by atoms with van der Waals surface area (Å²) in [5.74, 6) is 3.07. The van der Waals surface area contributed by atoms with Gasteiger partial charge in [-0.05, 0) is 89.5 Å². The first-order chi connectivity index (χ1) is 15.0. The molecule has 3 N–H and O–H groups in total. The summed E-state index contributed by atoms with van der Waals surface area (Å²) in [6.07, 6.45) is 10.8. The van der Waals surface area contributed by atoms with Crippen LogP contribution >= 0.6 is 0 Å². The van der Waals surface area contributed by atoms with Crippen LogP contribution in [0, 0.1) is 23.2 Å². The summed E-state index contributed by atoms with van der Waals surface area (Å²) in [6.45, 7) is 12.8. The van der Waals surface area contributed by atoms with Crippen LogP contribution in [0.5, 0.6) is 0 Å². The van der Waals surface area contributed by atoms with Crippen molar-refractivity contribution in [2.45, 2.75) is 84.7 Å². The Morgan fingerprint density at radius 3 is 2.16 bits per heavy atom. The zero-order chi connectivity index (χ0) is 23.7. The fraction of sp³-hybridized carbons (Fsp3) is 0.846. The maximum atomic E-state index is 11.9. The van der Waals surface area contributed by atoms with Crippen molar-refractivity contribution in [1.29, 1.82) is 0 Å². The number of nitrogens with one attached hydrogen (secondary N) is 1. The van der Waals surface area contributed by atoms with Gasteiger partial charge in [-0.25, -0.2) is 0 Å². The van der Waals surface area contributed by atoms with Crippen LogP contribution in [0.25, 0.3) is 0 Å². The normalized spacial score (nSPS) is 29.3. The van der Waals surface area contributed by atoms with E-state index in [1.165, 1.54) is 6.42 Å². The second kappa shape index (κ2) is 9.84. The molecule has 0 aromatic carbocycles. The molecule has 4 bridgehead atoms. The van der Waals surface area contributed by atoms with E-state index in [9.17, 15) is 9.59 Å². The highest BCUT2D eigenvalue weighted by Gasteiger charge is 2.53. The average molecular weight is 447 g/mol. The molecule has 182 valence electrons. The van der Waals surface area contributed by atoms with E-state index in [2.05, 4.69) is 16.3 Å². The number of rotatable bonds is 5. The molecule has 2 unspecified atom stereocenters. The molecule has 2 amide bonds. The summed E-state index contributed by atoms with van der Waals surface area (Å²) >= 11 is 0. The Morgan fingerprint density at radius 2 is 1.75 bits per heavy atom. The second-order valence-corrected chi connectivity index (χ2v) is 11.8. The van der Waals surface area contributed by atoms with Crippen LogP contribution in [0.15, 0.2) is 11.6 Å². The van der Waals surface area contributed by atoms with Gasteiger partial charge in [-0.1, -0.05) is 25.5 Å². The van der Waals surface area contributed by atoms with Gasteiger partial charge in [0.2, 0.25) is 11.8 Å². The highest BCUT2D eigenvalue weighted by Crippen LogP contribution is 2.56. The topological polar surface area (TPSA) is 78.7 Å². The molecule has 1 heterocycles. The van der Waals surface area contributed by atoms with Gasteiger partial charge in [0.1, 0.15) is 0 Å². The lowest BCUT2D eigenvalue weighted by Gasteiger charge is -2.60. The molecule has 6 heteroatoms. The number of allylic oxidation sites excluding steroid dienone is 2. The molecule has 1 saturated heterocycles. The number of hydrogen-bond donors (Lipinski definition) is 2. The van der Waals surface area contributed by atoms with Gasteiger partial charge in [-0.15, -0.1) is 0 Å². The molecular formula is C26H46N4O2. The molecule has 2 atom stereocenters. The Bertz CT molecular complexity index is 698. The van der Waals surface area contributed by atoms with Crippen molar-refractivity contribution in [3.05, 3.63) is 11.6 Å². The molecule has 0 aromatic heterocycles. The Balaban J connectivity index is 0.000000213. The lowest BCUT2D eigenvalue weighted by Crippen LogP contribution is -2.67. The van der Waals surface area contributed by atoms with Crippen LogP contribution in [0.2, 0.25) is 0 Å². The standard InChI is InChI=1S/C15H28N4O2.C9H12.C2H6/c1-14(2,3)17-13(21)8-19-9-15(10-19)5-11(6-15)18(4)7-12(16)20;1-2-9-7-3-6(1)4-8(9)5-7;1-2/h11H,5-10H2,1-4H3,(H2,16,20)(H,17,21);2,6-8H,1,3-5H2;1-2H3. The second-order valence-electron chi connectivity index (χ2n) is 11.8. The predicted molar refractivity (Wildman–Crippen MR) is 130 cm³/mol. The number of nitrogens with zero attached hydrogens (tertiary/aromatic N) is 2. The third-order valence-electron chi connectivity index (χ3n) is 7.80. The van der Waals surface area contributed by atoms with E-state index < -0.39 is 0 Å². The van der Waals surface area contributed by atoms with E-state index in [1.54, 1.807) is 19.3 Å². The number of likely N-dealkylation sites (N-methyl/N-ethyl adjacent to an activating group) is 1. The van der Waals surface area contributed by atoms with E-state index in [0.717, 1.165) is 43.7 Å². The smallest absolute Gasteiger partial charge is 0.234 e. The van der Waals surface area contributed by atoms with Crippen LogP contribution < -0.4 is 11.1 Å². The van der Waals surface area contributed by atoms with Crippen molar-refractivity contribution in [3.63, 3.8) is 0 Å². The summed E-state index contributed by atoms with van der Waals surface area (Å²) in [5.41, 5.74) is 7.27. The molecule has 7 aliphatic rings. The van der Waals surface area contributed by atoms with Gasteiger partial charge in [-0.2, -0.15) is 0 Å². The number of likely N-dealkylation sites (tertiary alicyclic amines) is 1. The van der Waals surface area contributed by atoms with E-state index in [0.29, 0.717) is 24.5 Å². The number of carbonyl (C=O) groups excluding carboxylic acids is 2. The molecule has 0 aromatic rings. The van der Waals surface area contributed by atoms with Crippen LogP contribution in [-0.2, 0) is 9.59 Å². The minimum absolute atomic E-state index is 0.0964. The lowest BCUT2D eigenvalue weighted by atomic mass is 9.54. The zero-order valence-electron chi connectivity index (χ0n) is 21.2. The van der Waals surface area contributed by atoms with Crippen molar-refractivity contribution in [1.82, 2.24) is 15.1 Å². The summed E-state index contributed by atoms with van der Waals surface area (Å²) in [5, 5.41) is 2.99. The average Bonchev–Trinajstić information content (AvgIpc) is 2.62. The van der Waals surface area contributed by atoms with Crippen LogP contribution in [0.1, 0.15) is 73.1 Å². The summed E-state index contributed by atoms with van der Waals surface area (Å²) < 4.78 is 0. The minimum atomic E-state index is -0.271. The van der Waals surface area contributed by atoms with Gasteiger partial charge < -0.3 is 11.1 Å². The van der Waals surface area contributed by atoms with Gasteiger partial charge in [0.05, 0.1) is 13.1 Å². The van der Waals surface area contributed by atoms with Gasteiger partial charge in [0.25, 0.3) is 0 Å². The van der Waals surface area contributed by atoms with E-state index >= 15 is 0 Å². The largest absolute Gasteiger partial charge is 0.369 e. The van der Waals surface area contributed by atoms with Crippen LogP contribution in [-0.4, -0.2) is 66.4 Å². The first-order valence-corrected chi connectivity index (χ1v) is 12.7. The molecule has 4 saturated carbocycles. The van der Waals surface area contributed by atoms with E-state index in [1.807, 2.05) is 52.1 Å². The fourth-order valence-electron chi connectivity index (χ4n) is 6.54. The van der Waals surface area contributed by atoms with Crippen molar-refractivity contribution in [2.24, 2.45) is 28.9 Å². The zero-order valence-corrected chi connectivity index (χ0v) is 21.2. The first kappa shape index (κ1) is 25.2. The van der Waals surface area contributed by atoms with Gasteiger partial charge in [-0.3, -0.25) is 19.4 Å². The van der Waals surface area contributed by atoms with Gasteiger partial charge >= 0.3 is 0 Å². The first-order valence-electron chi connectivity index (χ1n) is 12.7. The molecule has 5 fully saturated rings. The highest BCUT2D eigenvalue weighted by atomic mass is 16.2. The minimum Gasteiger partial charge on any atom is -0.369 e. The summed E-state index contributed by atoms with van der Waals surface area (Å²) in [7, 11) is 1.95. The number of primary amides is 1. The molecule has 32 heavy (non-hydrogen) atoms. The molecule has 1 aliphatic heterocycles. The monoisotopic (exact) mass is 446 g/mol. The fourth-order valence-corrected chi connectivity index (χ4v) is 6.54. The Hall–Kier alpha value is -1.40. The SMILES string of the molecule is C1=C2C3CC(C1)CC2C3.CC.CN(CC(N)=O)C1CC2(C1)CN(CC(=O)NC(C)(C)C)C2. The predicted octanol–water partition coefficient (Wildman–Crippen LogP) is 3.17. The quantitative estimate of drug-likeness (QED) is 0.636. The number of fused-ring (bicyclic) bond motifs is 1. The molecule has 0 radical (unpaired) electrons. The number of hydrogen-bond acceptors (Lipinski definition) is 4. The van der Waals surface area contributed by atoms with Gasteiger partial charge in [0.15, 0.2) is 0 Å². The van der Waals surface area contributed by atoms with Crippen molar-refractivity contribution in [3.8, 4) is 0 Å². The molecule has 6 nitrogen and oxygen atoms in total. The van der Waals surface area contributed by atoms with Crippen molar-refractivity contribution < 1.29 is 9.59 Å². The maximum Gasteiger partial charge on any atom is 0.234 e. The van der Waals surface area contributed by atoms with Crippen LogP contribution in [0.4, 0.5) is 0 Å². The third kappa shape index (κ3) is 5.93. The van der Waals surface area contributed by atoms with Crippen molar-refractivity contribution in [2.75, 3.05) is 33.2 Å². The highest BCUT2D eigenvalue weighted by molar-refractivity contribution is 5.78. The van der Waals surface area contributed by atoms with Crippen molar-refractivity contribution >= 4 is 11.8 Å². The van der Waals surface area contributed by atoms with Gasteiger partial charge in [0, 0.05) is 24.7 Å². The maximum absolute atomic E-state index is 11.9. The van der Waals surface area contributed by atoms with E-state index in [-0.39, 0.29) is 17.4 Å². The Labute approximate surface area is 195 Å². The van der Waals surface area contributed by atoms with E-state index in [4.69, 9.17) is 5.73 Å². The Kier molecular flexibility index (Phi) is 7.76. The Morgan fingerprint density at radius 1 is 1.16 bits per heavy atom. The molecular weight excluding hydrogens is 400 g/mol. The number of nitrogens with two attached hydrogens (primary N) is 1. The molecule has 1 spiro atoms. The third-order valence-corrected chi connectivity index (χ3v) is 7.80. The summed E-state index contributed by atoms with van der Waals surface area (Å²) in [6, 6.07) is 0.461. The summed E-state index contributed by atoms with van der Waals surface area (Å²) in [4.78, 5) is 27.0. The van der Waals surface area contributed by atoms with Crippen LogP contribution in [0.3, 0.4) is 0 Å². The number of amides is 2.